The van der Waals surface area contributed by atoms with Crippen LogP contribution in [0.3, 0.4) is 0 Å². The quantitative estimate of drug-likeness (QED) is 0.776. The first-order valence-electron chi connectivity index (χ1n) is 6.74. The van der Waals surface area contributed by atoms with Crippen molar-refractivity contribution in [2.75, 3.05) is 11.9 Å². The smallest absolute Gasteiger partial charge is 0.262 e. The van der Waals surface area contributed by atoms with E-state index in [0.717, 1.165) is 15.9 Å². The number of hydrogen-bond donors (Lipinski definition) is 1. The van der Waals surface area contributed by atoms with Crippen LogP contribution in [0.25, 0.3) is 5.65 Å². The van der Waals surface area contributed by atoms with Gasteiger partial charge in [-0.1, -0.05) is 15.9 Å². The molecule has 1 aromatic carbocycles. The summed E-state index contributed by atoms with van der Waals surface area (Å²) in [5.74, 6) is 0.370. The number of halogens is 1. The summed E-state index contributed by atoms with van der Waals surface area (Å²) >= 11 is 3.35. The predicted octanol–water partition coefficient (Wildman–Crippen LogP) is 3.42. The van der Waals surface area contributed by atoms with E-state index in [0.29, 0.717) is 11.4 Å². The number of benzene rings is 1. The van der Waals surface area contributed by atoms with Crippen LogP contribution in [0.1, 0.15) is 5.69 Å². The highest BCUT2D eigenvalue weighted by Gasteiger charge is 2.08. The van der Waals surface area contributed by atoms with E-state index < -0.39 is 0 Å². The molecule has 0 unspecified atom stereocenters. The van der Waals surface area contributed by atoms with E-state index in [1.165, 1.54) is 0 Å². The largest absolute Gasteiger partial charge is 0.480 e. The highest BCUT2D eigenvalue weighted by molar-refractivity contribution is 9.10. The first-order valence-corrected chi connectivity index (χ1v) is 7.54. The van der Waals surface area contributed by atoms with Crippen LogP contribution in [0.15, 0.2) is 53.3 Å². The number of imidazole rings is 1. The highest BCUT2D eigenvalue weighted by Crippen LogP contribution is 2.19. The number of hydrogen-bond acceptors (Lipinski definition) is 3. The van der Waals surface area contributed by atoms with Crippen LogP contribution in [-0.2, 0) is 4.79 Å². The average Bonchev–Trinajstić information content (AvgIpc) is 2.88. The van der Waals surface area contributed by atoms with Crippen molar-refractivity contribution < 1.29 is 9.53 Å². The maximum absolute atomic E-state index is 11.9. The summed E-state index contributed by atoms with van der Waals surface area (Å²) < 4.78 is 8.42. The normalized spacial score (nSPS) is 10.6. The summed E-state index contributed by atoms with van der Waals surface area (Å²) in [5.41, 5.74) is 2.33. The van der Waals surface area contributed by atoms with Gasteiger partial charge in [0, 0.05) is 22.6 Å². The summed E-state index contributed by atoms with van der Waals surface area (Å²) in [5, 5.41) is 2.78. The number of pyridine rings is 1. The standard InChI is InChI=1S/C16H14BrN3O2/c1-11-9-20-8-2-3-14(16(20)18-11)22-10-15(21)19-13-6-4-12(17)5-7-13/h2-9H,10H2,1H3,(H,19,21). The number of carbonyl (C=O) groups excluding carboxylic acids is 1. The summed E-state index contributed by atoms with van der Waals surface area (Å²) in [6, 6.07) is 11.0. The van der Waals surface area contributed by atoms with E-state index >= 15 is 0 Å². The molecule has 0 saturated heterocycles. The van der Waals surface area contributed by atoms with Gasteiger partial charge in [-0.15, -0.1) is 0 Å². The van der Waals surface area contributed by atoms with Crippen molar-refractivity contribution in [3.63, 3.8) is 0 Å². The molecule has 2 aromatic heterocycles. The van der Waals surface area contributed by atoms with Crippen molar-refractivity contribution in [3.05, 3.63) is 59.0 Å². The summed E-state index contributed by atoms with van der Waals surface area (Å²) in [6.07, 6.45) is 3.80. The minimum Gasteiger partial charge on any atom is -0.480 e. The minimum atomic E-state index is -0.215. The molecule has 0 aliphatic rings. The molecule has 5 nitrogen and oxygen atoms in total. The molecular formula is C16H14BrN3O2. The molecule has 0 radical (unpaired) electrons. The Balaban J connectivity index is 1.66. The molecule has 0 spiro atoms. The molecule has 1 amide bonds. The second-order valence-electron chi connectivity index (χ2n) is 4.83. The van der Waals surface area contributed by atoms with Gasteiger partial charge < -0.3 is 14.5 Å². The molecule has 6 heteroatoms. The Labute approximate surface area is 136 Å². The van der Waals surface area contributed by atoms with E-state index in [2.05, 4.69) is 26.2 Å². The number of aromatic nitrogens is 2. The van der Waals surface area contributed by atoms with Crippen molar-refractivity contribution in [1.29, 1.82) is 0 Å². The van der Waals surface area contributed by atoms with Gasteiger partial charge in [-0.3, -0.25) is 4.79 Å². The Morgan fingerprint density at radius 3 is 2.86 bits per heavy atom. The fourth-order valence-corrected chi connectivity index (χ4v) is 2.36. The molecule has 1 N–H and O–H groups in total. The molecule has 0 atom stereocenters. The second kappa shape index (κ2) is 6.19. The lowest BCUT2D eigenvalue weighted by Gasteiger charge is -2.08. The summed E-state index contributed by atoms with van der Waals surface area (Å²) in [7, 11) is 0. The molecule has 22 heavy (non-hydrogen) atoms. The predicted molar refractivity (Wildman–Crippen MR) is 88.2 cm³/mol. The number of rotatable bonds is 4. The first kappa shape index (κ1) is 14.6. The molecule has 2 heterocycles. The number of amides is 1. The number of nitrogens with zero attached hydrogens (tertiary/aromatic N) is 2. The fraction of sp³-hybridized carbons (Fsp3) is 0.125. The van der Waals surface area contributed by atoms with Gasteiger partial charge in [-0.05, 0) is 43.3 Å². The van der Waals surface area contributed by atoms with E-state index in [4.69, 9.17) is 4.74 Å². The van der Waals surface area contributed by atoms with Crippen molar-refractivity contribution in [2.24, 2.45) is 0 Å². The third-order valence-corrected chi connectivity index (χ3v) is 3.58. The Hall–Kier alpha value is -2.34. The average molecular weight is 360 g/mol. The van der Waals surface area contributed by atoms with Crippen LogP contribution in [-0.4, -0.2) is 21.9 Å². The maximum Gasteiger partial charge on any atom is 0.262 e. The maximum atomic E-state index is 11.9. The van der Waals surface area contributed by atoms with Gasteiger partial charge >= 0.3 is 0 Å². The van der Waals surface area contributed by atoms with Gasteiger partial charge in [-0.25, -0.2) is 4.98 Å². The van der Waals surface area contributed by atoms with Crippen LogP contribution < -0.4 is 10.1 Å². The van der Waals surface area contributed by atoms with Gasteiger partial charge in [0.25, 0.3) is 5.91 Å². The van der Waals surface area contributed by atoms with Gasteiger partial charge in [0.15, 0.2) is 18.0 Å². The minimum absolute atomic E-state index is 0.0678. The van der Waals surface area contributed by atoms with Crippen molar-refractivity contribution in [3.8, 4) is 5.75 Å². The van der Waals surface area contributed by atoms with Gasteiger partial charge in [-0.2, -0.15) is 0 Å². The SMILES string of the molecule is Cc1cn2cccc(OCC(=O)Nc3ccc(Br)cc3)c2n1. The molecular weight excluding hydrogens is 346 g/mol. The molecule has 0 aliphatic carbocycles. The molecule has 3 rings (SSSR count). The van der Waals surface area contributed by atoms with Crippen LogP contribution in [0, 0.1) is 6.92 Å². The van der Waals surface area contributed by atoms with Crippen LogP contribution in [0.4, 0.5) is 5.69 Å². The third-order valence-electron chi connectivity index (χ3n) is 3.05. The monoisotopic (exact) mass is 359 g/mol. The topological polar surface area (TPSA) is 55.6 Å². The summed E-state index contributed by atoms with van der Waals surface area (Å²) in [6.45, 7) is 1.85. The van der Waals surface area contributed by atoms with Crippen LogP contribution in [0.2, 0.25) is 0 Å². The second-order valence-corrected chi connectivity index (χ2v) is 5.75. The van der Waals surface area contributed by atoms with Gasteiger partial charge in [0.05, 0.1) is 5.69 Å². The highest BCUT2D eigenvalue weighted by atomic mass is 79.9. The fourth-order valence-electron chi connectivity index (χ4n) is 2.10. The number of ether oxygens (including phenoxy) is 1. The first-order chi connectivity index (χ1) is 10.6. The number of carbonyl (C=O) groups is 1. The van der Waals surface area contributed by atoms with E-state index in [9.17, 15) is 4.79 Å². The molecule has 112 valence electrons. The molecule has 0 aliphatic heterocycles. The molecule has 0 fully saturated rings. The zero-order valence-corrected chi connectivity index (χ0v) is 13.5. The lowest BCUT2D eigenvalue weighted by molar-refractivity contribution is -0.118. The zero-order valence-electron chi connectivity index (χ0n) is 11.9. The van der Waals surface area contributed by atoms with Crippen LogP contribution >= 0.6 is 15.9 Å². The molecule has 0 saturated carbocycles. The molecule has 0 bridgehead atoms. The van der Waals surface area contributed by atoms with Gasteiger partial charge in [0.2, 0.25) is 0 Å². The van der Waals surface area contributed by atoms with E-state index in [1.54, 1.807) is 6.07 Å². The lowest BCUT2D eigenvalue weighted by Crippen LogP contribution is -2.20. The van der Waals surface area contributed by atoms with E-state index in [-0.39, 0.29) is 12.5 Å². The molecule has 3 aromatic rings. The number of fused-ring (bicyclic) bond motifs is 1. The lowest BCUT2D eigenvalue weighted by atomic mass is 10.3. The van der Waals surface area contributed by atoms with Crippen molar-refractivity contribution >= 4 is 33.2 Å². The zero-order chi connectivity index (χ0) is 15.5. The number of anilines is 1. The number of nitrogens with one attached hydrogen (secondary N) is 1. The van der Waals surface area contributed by atoms with Gasteiger partial charge in [0.1, 0.15) is 0 Å². The Morgan fingerprint density at radius 2 is 2.09 bits per heavy atom. The van der Waals surface area contributed by atoms with Crippen LogP contribution in [0.5, 0.6) is 5.75 Å². The van der Waals surface area contributed by atoms with Crippen molar-refractivity contribution in [2.45, 2.75) is 6.92 Å². The Kier molecular flexibility index (Phi) is 4.11. The number of aryl methyl sites for hydroxylation is 1. The van der Waals surface area contributed by atoms with Crippen molar-refractivity contribution in [1.82, 2.24) is 9.38 Å². The Morgan fingerprint density at radius 1 is 1.32 bits per heavy atom. The Bertz CT molecular complexity index is 812. The summed E-state index contributed by atoms with van der Waals surface area (Å²) in [4.78, 5) is 16.3. The third kappa shape index (κ3) is 3.28. The van der Waals surface area contributed by atoms with E-state index in [1.807, 2.05) is 54.0 Å².